The van der Waals surface area contributed by atoms with Crippen LogP contribution < -0.4 is 10.1 Å². The van der Waals surface area contributed by atoms with Crippen molar-refractivity contribution in [3.05, 3.63) is 28.8 Å². The minimum atomic E-state index is 0.138. The van der Waals surface area contributed by atoms with Gasteiger partial charge in [-0.25, -0.2) is 0 Å². The first-order chi connectivity index (χ1) is 9.20. The average molecular weight is 284 g/mol. The monoisotopic (exact) mass is 283 g/mol. The standard InChI is InChI=1S/C15H22ClNO2/c1-3-7-17-11(2)12-4-5-15(14(16)9-12)19-13-6-8-18-10-13/h4-5,9,11,13,17H,3,6-8,10H2,1-2H3. The highest BCUT2D eigenvalue weighted by atomic mass is 35.5. The Kier molecular flexibility index (Phi) is 5.49. The Morgan fingerprint density at radius 2 is 2.37 bits per heavy atom. The van der Waals surface area contributed by atoms with Crippen LogP contribution in [0.3, 0.4) is 0 Å². The summed E-state index contributed by atoms with van der Waals surface area (Å²) in [6.07, 6.45) is 2.20. The van der Waals surface area contributed by atoms with E-state index in [-0.39, 0.29) is 6.10 Å². The van der Waals surface area contributed by atoms with E-state index in [2.05, 4.69) is 25.2 Å². The molecule has 0 amide bonds. The highest BCUT2D eigenvalue weighted by Crippen LogP contribution is 2.29. The van der Waals surface area contributed by atoms with Crippen molar-refractivity contribution in [1.82, 2.24) is 5.32 Å². The van der Waals surface area contributed by atoms with Crippen LogP contribution >= 0.6 is 11.6 Å². The van der Waals surface area contributed by atoms with Crippen molar-refractivity contribution >= 4 is 11.6 Å². The Morgan fingerprint density at radius 3 is 3.00 bits per heavy atom. The van der Waals surface area contributed by atoms with E-state index < -0.39 is 0 Å². The van der Waals surface area contributed by atoms with Crippen LogP contribution in [-0.4, -0.2) is 25.9 Å². The van der Waals surface area contributed by atoms with E-state index >= 15 is 0 Å². The van der Waals surface area contributed by atoms with Crippen molar-refractivity contribution in [1.29, 1.82) is 0 Å². The molecule has 0 aromatic heterocycles. The lowest BCUT2D eigenvalue weighted by atomic mass is 10.1. The summed E-state index contributed by atoms with van der Waals surface area (Å²) >= 11 is 6.29. The fraction of sp³-hybridized carbons (Fsp3) is 0.600. The predicted octanol–water partition coefficient (Wildman–Crippen LogP) is 3.57. The van der Waals surface area contributed by atoms with Gasteiger partial charge in [-0.15, -0.1) is 0 Å². The van der Waals surface area contributed by atoms with Crippen LogP contribution in [0.4, 0.5) is 0 Å². The van der Waals surface area contributed by atoms with Gasteiger partial charge in [0.1, 0.15) is 11.9 Å². The molecule has 0 bridgehead atoms. The van der Waals surface area contributed by atoms with Crippen molar-refractivity contribution in [3.8, 4) is 5.75 Å². The topological polar surface area (TPSA) is 30.5 Å². The zero-order chi connectivity index (χ0) is 13.7. The predicted molar refractivity (Wildman–Crippen MR) is 78.0 cm³/mol. The molecule has 2 rings (SSSR count). The van der Waals surface area contributed by atoms with E-state index in [4.69, 9.17) is 21.1 Å². The lowest BCUT2D eigenvalue weighted by Gasteiger charge is -2.17. The summed E-state index contributed by atoms with van der Waals surface area (Å²) in [5.74, 6) is 0.753. The molecule has 1 fully saturated rings. The summed E-state index contributed by atoms with van der Waals surface area (Å²) in [4.78, 5) is 0. The number of hydrogen-bond donors (Lipinski definition) is 1. The molecule has 2 atom stereocenters. The van der Waals surface area contributed by atoms with Crippen LogP contribution in [0, 0.1) is 0 Å². The molecule has 1 aliphatic heterocycles. The fourth-order valence-electron chi connectivity index (χ4n) is 2.15. The van der Waals surface area contributed by atoms with Gasteiger partial charge in [-0.1, -0.05) is 24.6 Å². The second-order valence-corrected chi connectivity index (χ2v) is 5.38. The van der Waals surface area contributed by atoms with Gasteiger partial charge in [-0.2, -0.15) is 0 Å². The van der Waals surface area contributed by atoms with Crippen LogP contribution in [0.2, 0.25) is 5.02 Å². The molecule has 2 unspecified atom stereocenters. The van der Waals surface area contributed by atoms with Gasteiger partial charge < -0.3 is 14.8 Å². The molecule has 19 heavy (non-hydrogen) atoms. The molecule has 3 nitrogen and oxygen atoms in total. The Bertz CT molecular complexity index is 405. The van der Waals surface area contributed by atoms with Crippen LogP contribution in [-0.2, 0) is 4.74 Å². The SMILES string of the molecule is CCCNC(C)c1ccc(OC2CCOC2)c(Cl)c1. The molecule has 0 radical (unpaired) electrons. The maximum atomic E-state index is 6.29. The third-order valence-corrected chi connectivity index (χ3v) is 3.63. The second kappa shape index (κ2) is 7.13. The van der Waals surface area contributed by atoms with Gasteiger partial charge in [0, 0.05) is 12.5 Å². The van der Waals surface area contributed by atoms with Gasteiger partial charge in [0.05, 0.1) is 18.2 Å². The molecule has 106 valence electrons. The highest BCUT2D eigenvalue weighted by molar-refractivity contribution is 6.32. The van der Waals surface area contributed by atoms with Crippen LogP contribution in [0.25, 0.3) is 0 Å². The molecule has 1 aromatic carbocycles. The quantitative estimate of drug-likeness (QED) is 0.866. The van der Waals surface area contributed by atoms with Gasteiger partial charge >= 0.3 is 0 Å². The lowest BCUT2D eigenvalue weighted by molar-refractivity contribution is 0.141. The maximum absolute atomic E-state index is 6.29. The first-order valence-corrected chi connectivity index (χ1v) is 7.35. The summed E-state index contributed by atoms with van der Waals surface area (Å²) in [6.45, 7) is 6.75. The van der Waals surface area contributed by atoms with E-state index in [1.165, 1.54) is 5.56 Å². The third-order valence-electron chi connectivity index (χ3n) is 3.34. The zero-order valence-electron chi connectivity index (χ0n) is 11.6. The molecular formula is C15H22ClNO2. The lowest BCUT2D eigenvalue weighted by Crippen LogP contribution is -2.19. The summed E-state index contributed by atoms with van der Waals surface area (Å²) < 4.78 is 11.1. The Hall–Kier alpha value is -0.770. The molecule has 0 aliphatic carbocycles. The third kappa shape index (κ3) is 4.10. The minimum absolute atomic E-state index is 0.138. The van der Waals surface area contributed by atoms with Crippen molar-refractivity contribution in [2.45, 2.75) is 38.8 Å². The number of nitrogens with one attached hydrogen (secondary N) is 1. The Morgan fingerprint density at radius 1 is 1.53 bits per heavy atom. The second-order valence-electron chi connectivity index (χ2n) is 4.97. The van der Waals surface area contributed by atoms with Gasteiger partial charge in [-0.3, -0.25) is 0 Å². The molecular weight excluding hydrogens is 262 g/mol. The summed E-state index contributed by atoms with van der Waals surface area (Å²) in [6, 6.07) is 6.33. The van der Waals surface area contributed by atoms with E-state index in [9.17, 15) is 0 Å². The molecule has 1 N–H and O–H groups in total. The molecule has 0 spiro atoms. The average Bonchev–Trinajstić information content (AvgIpc) is 2.91. The zero-order valence-corrected chi connectivity index (χ0v) is 12.4. The minimum Gasteiger partial charge on any atom is -0.486 e. The van der Waals surface area contributed by atoms with Gasteiger partial charge in [-0.05, 0) is 37.6 Å². The van der Waals surface area contributed by atoms with Crippen LogP contribution in [0.5, 0.6) is 5.75 Å². The van der Waals surface area contributed by atoms with Crippen molar-refractivity contribution in [3.63, 3.8) is 0 Å². The summed E-state index contributed by atoms with van der Waals surface area (Å²) in [5, 5.41) is 4.12. The van der Waals surface area contributed by atoms with Crippen LogP contribution in [0.15, 0.2) is 18.2 Å². The number of halogens is 1. The normalized spacial score (nSPS) is 20.5. The molecule has 1 heterocycles. The first kappa shape index (κ1) is 14.6. The Labute approximate surface area is 120 Å². The number of ether oxygens (including phenoxy) is 2. The van der Waals surface area contributed by atoms with Gasteiger partial charge in [0.15, 0.2) is 0 Å². The molecule has 0 saturated carbocycles. The Balaban J connectivity index is 1.99. The maximum Gasteiger partial charge on any atom is 0.138 e. The molecule has 1 aliphatic rings. The summed E-state index contributed by atoms with van der Waals surface area (Å²) in [5.41, 5.74) is 1.19. The number of benzene rings is 1. The van der Waals surface area contributed by atoms with Gasteiger partial charge in [0.2, 0.25) is 0 Å². The van der Waals surface area contributed by atoms with Crippen LogP contribution in [0.1, 0.15) is 38.3 Å². The fourth-order valence-corrected chi connectivity index (χ4v) is 2.38. The molecule has 1 saturated heterocycles. The smallest absolute Gasteiger partial charge is 0.138 e. The van der Waals surface area contributed by atoms with E-state index in [0.717, 1.165) is 31.7 Å². The highest BCUT2D eigenvalue weighted by Gasteiger charge is 2.18. The first-order valence-electron chi connectivity index (χ1n) is 6.98. The van der Waals surface area contributed by atoms with E-state index in [1.807, 2.05) is 12.1 Å². The van der Waals surface area contributed by atoms with Crippen molar-refractivity contribution in [2.75, 3.05) is 19.8 Å². The van der Waals surface area contributed by atoms with Gasteiger partial charge in [0.25, 0.3) is 0 Å². The van der Waals surface area contributed by atoms with Crippen molar-refractivity contribution < 1.29 is 9.47 Å². The number of hydrogen-bond acceptors (Lipinski definition) is 3. The molecule has 4 heteroatoms. The van der Waals surface area contributed by atoms with E-state index in [0.29, 0.717) is 17.7 Å². The summed E-state index contributed by atoms with van der Waals surface area (Å²) in [7, 11) is 0. The molecule has 1 aromatic rings. The van der Waals surface area contributed by atoms with E-state index in [1.54, 1.807) is 0 Å². The largest absolute Gasteiger partial charge is 0.486 e. The van der Waals surface area contributed by atoms with Crippen molar-refractivity contribution in [2.24, 2.45) is 0 Å². The number of rotatable bonds is 6.